The number of carbonyl (C=O) groups is 1. The second-order valence-electron chi connectivity index (χ2n) is 7.41. The minimum absolute atomic E-state index is 0.0291. The summed E-state index contributed by atoms with van der Waals surface area (Å²) in [5, 5.41) is 8.12. The molecule has 3 N–H and O–H groups in total. The van der Waals surface area contributed by atoms with Crippen molar-refractivity contribution in [2.45, 2.75) is 45.6 Å². The average molecular weight is 350 g/mol. The number of nitrogens with two attached hydrogens (primary N) is 1. The number of amides is 1. The van der Waals surface area contributed by atoms with Gasteiger partial charge in [-0.15, -0.1) is 0 Å². The summed E-state index contributed by atoms with van der Waals surface area (Å²) in [6, 6.07) is 6.07. The first-order valence-corrected chi connectivity index (χ1v) is 9.57. The monoisotopic (exact) mass is 350 g/mol. The van der Waals surface area contributed by atoms with E-state index in [9.17, 15) is 13.2 Å². The van der Waals surface area contributed by atoms with Gasteiger partial charge in [0.2, 0.25) is 15.9 Å². The number of hydrogen-bond acceptors (Lipinski definition) is 3. The van der Waals surface area contributed by atoms with Gasteiger partial charge in [0.1, 0.15) is 0 Å². The van der Waals surface area contributed by atoms with Crippen LogP contribution in [0.25, 0.3) is 0 Å². The maximum absolute atomic E-state index is 12.6. The van der Waals surface area contributed by atoms with E-state index in [0.29, 0.717) is 0 Å². The molecule has 0 aromatic heterocycles. The molecule has 132 valence electrons. The molecule has 6 heteroatoms. The van der Waals surface area contributed by atoms with Crippen molar-refractivity contribution in [3.63, 3.8) is 0 Å². The number of primary sulfonamides is 1. The number of allylic oxidation sites excluding steroid dienone is 2. The van der Waals surface area contributed by atoms with Crippen LogP contribution < -0.4 is 10.5 Å². The fourth-order valence-electron chi connectivity index (χ4n) is 3.18. The van der Waals surface area contributed by atoms with E-state index in [4.69, 9.17) is 5.14 Å². The Morgan fingerprint density at radius 3 is 2.25 bits per heavy atom. The van der Waals surface area contributed by atoms with Gasteiger partial charge in [0.25, 0.3) is 0 Å². The zero-order valence-corrected chi connectivity index (χ0v) is 15.6. The summed E-state index contributed by atoms with van der Waals surface area (Å²) in [5.41, 5.74) is 2.03. The van der Waals surface area contributed by atoms with Crippen LogP contribution >= 0.6 is 0 Å². The maximum Gasteiger partial charge on any atom is 0.238 e. The van der Waals surface area contributed by atoms with E-state index >= 15 is 0 Å². The zero-order valence-electron chi connectivity index (χ0n) is 14.8. The first-order valence-electron chi connectivity index (χ1n) is 8.02. The Labute approximate surface area is 144 Å². The highest BCUT2D eigenvalue weighted by Gasteiger charge is 2.60. The van der Waals surface area contributed by atoms with Gasteiger partial charge in [-0.1, -0.05) is 37.6 Å². The van der Waals surface area contributed by atoms with Gasteiger partial charge in [-0.25, -0.2) is 13.6 Å². The Balaban J connectivity index is 2.06. The highest BCUT2D eigenvalue weighted by molar-refractivity contribution is 7.89. The molecule has 0 saturated heterocycles. The second-order valence-corrected chi connectivity index (χ2v) is 8.97. The zero-order chi connectivity index (χ0) is 18.3. The SMILES string of the molecule is CC(C)=C[C@H]1[C@@H](C(=O)N[C@@H](C)c2ccc(S(N)(=O)=O)cc2)C1(C)C. The molecule has 1 amide bonds. The lowest BCUT2D eigenvalue weighted by molar-refractivity contribution is -0.123. The third-order valence-corrected chi connectivity index (χ3v) is 5.70. The second kappa shape index (κ2) is 6.33. The molecule has 0 spiro atoms. The molecule has 0 aliphatic heterocycles. The molecular weight excluding hydrogens is 324 g/mol. The van der Waals surface area contributed by atoms with Crippen molar-refractivity contribution in [2.24, 2.45) is 22.4 Å². The van der Waals surface area contributed by atoms with Crippen LogP contribution in [0.4, 0.5) is 0 Å². The van der Waals surface area contributed by atoms with Gasteiger partial charge < -0.3 is 5.32 Å². The molecule has 5 nitrogen and oxygen atoms in total. The molecule has 1 aliphatic carbocycles. The quantitative estimate of drug-likeness (QED) is 0.800. The van der Waals surface area contributed by atoms with Crippen molar-refractivity contribution >= 4 is 15.9 Å². The molecule has 0 unspecified atom stereocenters. The summed E-state index contributed by atoms with van der Waals surface area (Å²) < 4.78 is 22.6. The van der Waals surface area contributed by atoms with Crippen molar-refractivity contribution in [1.82, 2.24) is 5.32 Å². The number of benzene rings is 1. The van der Waals surface area contributed by atoms with E-state index in [-0.39, 0.29) is 34.1 Å². The number of hydrogen-bond donors (Lipinski definition) is 2. The molecule has 0 bridgehead atoms. The third-order valence-electron chi connectivity index (χ3n) is 4.77. The van der Waals surface area contributed by atoms with Gasteiger partial charge in [-0.2, -0.15) is 0 Å². The Kier molecular flexibility index (Phi) is 4.93. The molecular formula is C18H26N2O3S. The van der Waals surface area contributed by atoms with E-state index in [1.54, 1.807) is 12.1 Å². The predicted molar refractivity (Wildman–Crippen MR) is 94.6 cm³/mol. The Bertz CT molecular complexity index is 760. The lowest BCUT2D eigenvalue weighted by atomic mass is 10.1. The minimum Gasteiger partial charge on any atom is -0.349 e. The summed E-state index contributed by atoms with van der Waals surface area (Å²) in [4.78, 5) is 12.6. The van der Waals surface area contributed by atoms with Crippen LogP contribution in [0.5, 0.6) is 0 Å². The fourth-order valence-corrected chi connectivity index (χ4v) is 3.70. The Morgan fingerprint density at radius 2 is 1.79 bits per heavy atom. The Hall–Kier alpha value is -1.66. The van der Waals surface area contributed by atoms with Crippen LogP contribution in [0, 0.1) is 17.3 Å². The van der Waals surface area contributed by atoms with Crippen LogP contribution in [0.15, 0.2) is 40.8 Å². The van der Waals surface area contributed by atoms with E-state index in [2.05, 4.69) is 25.2 Å². The molecule has 1 fully saturated rings. The highest BCUT2D eigenvalue weighted by atomic mass is 32.2. The van der Waals surface area contributed by atoms with Crippen molar-refractivity contribution in [3.8, 4) is 0 Å². The van der Waals surface area contributed by atoms with Crippen LogP contribution in [-0.4, -0.2) is 14.3 Å². The van der Waals surface area contributed by atoms with E-state index in [0.717, 1.165) is 5.56 Å². The molecule has 1 aliphatic rings. The molecule has 1 aromatic carbocycles. The lowest BCUT2D eigenvalue weighted by Crippen LogP contribution is -2.29. The molecule has 0 heterocycles. The topological polar surface area (TPSA) is 89.3 Å². The Morgan fingerprint density at radius 1 is 1.25 bits per heavy atom. The van der Waals surface area contributed by atoms with Crippen molar-refractivity contribution in [2.75, 3.05) is 0 Å². The van der Waals surface area contributed by atoms with E-state index in [1.165, 1.54) is 17.7 Å². The first-order chi connectivity index (χ1) is 10.9. The number of carbonyl (C=O) groups excluding carboxylic acids is 1. The number of rotatable bonds is 5. The van der Waals surface area contributed by atoms with Crippen LogP contribution in [0.3, 0.4) is 0 Å². The molecule has 1 saturated carbocycles. The van der Waals surface area contributed by atoms with Crippen molar-refractivity contribution < 1.29 is 13.2 Å². The summed E-state index contributed by atoms with van der Waals surface area (Å²) in [6.07, 6.45) is 2.16. The van der Waals surface area contributed by atoms with Gasteiger partial charge in [0, 0.05) is 0 Å². The van der Waals surface area contributed by atoms with Gasteiger partial charge in [-0.3, -0.25) is 4.79 Å². The predicted octanol–water partition coefficient (Wildman–Crippen LogP) is 2.75. The maximum atomic E-state index is 12.6. The third kappa shape index (κ3) is 3.87. The average Bonchev–Trinajstić information content (AvgIpc) is 2.98. The molecule has 0 radical (unpaired) electrons. The smallest absolute Gasteiger partial charge is 0.238 e. The normalized spacial score (nSPS) is 23.2. The standard InChI is InChI=1S/C18H26N2O3S/c1-11(2)10-15-16(18(15,4)5)17(21)20-12(3)13-6-8-14(9-7-13)24(19,22)23/h6-10,12,15-16H,1-5H3,(H,20,21)(H2,19,22,23)/t12-,15-,16-/m0/s1. The number of sulfonamides is 1. The van der Waals surface area contributed by atoms with E-state index in [1.807, 2.05) is 20.8 Å². The molecule has 1 aromatic rings. The van der Waals surface area contributed by atoms with Gasteiger partial charge in [0.05, 0.1) is 16.9 Å². The minimum atomic E-state index is -3.70. The first kappa shape index (κ1) is 18.7. The molecule has 2 rings (SSSR count). The van der Waals surface area contributed by atoms with Crippen LogP contribution in [0.1, 0.15) is 46.2 Å². The van der Waals surface area contributed by atoms with Crippen LogP contribution in [0.2, 0.25) is 0 Å². The van der Waals surface area contributed by atoms with Gasteiger partial charge in [-0.05, 0) is 49.8 Å². The number of nitrogens with one attached hydrogen (secondary N) is 1. The summed E-state index contributed by atoms with van der Waals surface area (Å²) >= 11 is 0. The van der Waals surface area contributed by atoms with Crippen molar-refractivity contribution in [3.05, 3.63) is 41.5 Å². The van der Waals surface area contributed by atoms with Crippen molar-refractivity contribution in [1.29, 1.82) is 0 Å². The highest BCUT2D eigenvalue weighted by Crippen LogP contribution is 2.59. The van der Waals surface area contributed by atoms with Crippen LogP contribution in [-0.2, 0) is 14.8 Å². The van der Waals surface area contributed by atoms with Gasteiger partial charge >= 0.3 is 0 Å². The fraction of sp³-hybridized carbons (Fsp3) is 0.500. The molecule has 24 heavy (non-hydrogen) atoms. The van der Waals surface area contributed by atoms with E-state index < -0.39 is 10.0 Å². The largest absolute Gasteiger partial charge is 0.349 e. The summed E-state index contributed by atoms with van der Waals surface area (Å²) in [5.74, 6) is 0.267. The summed E-state index contributed by atoms with van der Waals surface area (Å²) in [7, 11) is -3.70. The lowest BCUT2D eigenvalue weighted by Gasteiger charge is -2.15. The summed E-state index contributed by atoms with van der Waals surface area (Å²) in [6.45, 7) is 10.2. The van der Waals surface area contributed by atoms with Gasteiger partial charge in [0.15, 0.2) is 0 Å². The molecule has 3 atom stereocenters.